The first kappa shape index (κ1) is 17.2. The van der Waals surface area contributed by atoms with Crippen molar-refractivity contribution in [2.45, 2.75) is 19.1 Å². The maximum Gasteiger partial charge on any atom is 0.407 e. The van der Waals surface area contributed by atoms with E-state index in [1.54, 1.807) is 4.90 Å². The number of nitrogens with two attached hydrogens (primary N) is 1. The minimum atomic E-state index is -0.474. The Morgan fingerprint density at radius 3 is 2.78 bits per heavy atom. The van der Waals surface area contributed by atoms with Crippen LogP contribution in [0.4, 0.5) is 4.79 Å². The van der Waals surface area contributed by atoms with Crippen molar-refractivity contribution in [3.05, 3.63) is 35.9 Å². The fraction of sp³-hybridized carbons (Fsp3) is 0.500. The third kappa shape index (κ3) is 5.88. The van der Waals surface area contributed by atoms with Gasteiger partial charge in [-0.15, -0.1) is 0 Å². The Labute approximate surface area is 135 Å². The topological polar surface area (TPSA) is 93.9 Å². The maximum absolute atomic E-state index is 11.6. The van der Waals surface area contributed by atoms with Crippen molar-refractivity contribution in [1.29, 1.82) is 0 Å². The van der Waals surface area contributed by atoms with E-state index < -0.39 is 6.09 Å². The van der Waals surface area contributed by atoms with Crippen molar-refractivity contribution in [3.8, 4) is 0 Å². The second-order valence-electron chi connectivity index (χ2n) is 5.32. The average molecular weight is 321 g/mol. The fourth-order valence-electron chi connectivity index (χ4n) is 2.26. The first-order valence-electron chi connectivity index (χ1n) is 7.73. The molecule has 126 valence electrons. The first-order valence-corrected chi connectivity index (χ1v) is 7.73. The normalized spacial score (nSPS) is 17.3. The van der Waals surface area contributed by atoms with Gasteiger partial charge in [0.05, 0.1) is 19.3 Å². The molecule has 0 aliphatic carbocycles. The SMILES string of the molecule is N[C@H]1CCN(CCOCCNC(=O)OCc2ccccc2)C1=O. The highest BCUT2D eigenvalue weighted by Crippen LogP contribution is 2.07. The molecular formula is C16H23N3O4. The van der Waals surface area contributed by atoms with Crippen LogP contribution in [0.3, 0.4) is 0 Å². The summed E-state index contributed by atoms with van der Waals surface area (Å²) in [5.41, 5.74) is 6.57. The van der Waals surface area contributed by atoms with Gasteiger partial charge in [0.15, 0.2) is 0 Å². The summed E-state index contributed by atoms with van der Waals surface area (Å²) in [5, 5.41) is 2.61. The van der Waals surface area contributed by atoms with E-state index in [4.69, 9.17) is 15.2 Å². The van der Waals surface area contributed by atoms with Gasteiger partial charge in [-0.1, -0.05) is 30.3 Å². The van der Waals surface area contributed by atoms with Crippen LogP contribution >= 0.6 is 0 Å². The van der Waals surface area contributed by atoms with Crippen molar-refractivity contribution in [2.24, 2.45) is 5.73 Å². The lowest BCUT2D eigenvalue weighted by atomic mass is 10.2. The van der Waals surface area contributed by atoms with Crippen LogP contribution < -0.4 is 11.1 Å². The number of ether oxygens (including phenoxy) is 2. The summed E-state index contributed by atoms with van der Waals surface area (Å²) < 4.78 is 10.5. The highest BCUT2D eigenvalue weighted by molar-refractivity contribution is 5.83. The average Bonchev–Trinajstić information content (AvgIpc) is 2.89. The number of carbonyl (C=O) groups is 2. The van der Waals surface area contributed by atoms with Gasteiger partial charge in [0.2, 0.25) is 5.91 Å². The van der Waals surface area contributed by atoms with Gasteiger partial charge < -0.3 is 25.4 Å². The van der Waals surface area contributed by atoms with E-state index in [1.165, 1.54) is 0 Å². The molecule has 7 nitrogen and oxygen atoms in total. The minimum Gasteiger partial charge on any atom is -0.445 e. The monoisotopic (exact) mass is 321 g/mol. The molecule has 0 saturated carbocycles. The Morgan fingerprint density at radius 1 is 1.30 bits per heavy atom. The van der Waals surface area contributed by atoms with Crippen LogP contribution in [0.5, 0.6) is 0 Å². The zero-order valence-electron chi connectivity index (χ0n) is 13.1. The molecule has 0 radical (unpaired) electrons. The molecule has 1 saturated heterocycles. The Bertz CT molecular complexity index is 509. The summed E-state index contributed by atoms with van der Waals surface area (Å²) in [5.74, 6) is -0.0174. The lowest BCUT2D eigenvalue weighted by molar-refractivity contribution is -0.129. The molecule has 3 N–H and O–H groups in total. The molecule has 1 heterocycles. The standard InChI is InChI=1S/C16H23N3O4/c17-14-6-8-19(15(14)20)9-11-22-10-7-18-16(21)23-12-13-4-2-1-3-5-13/h1-5,14H,6-12,17H2,(H,18,21)/t14-/m0/s1. The molecule has 1 aromatic carbocycles. The highest BCUT2D eigenvalue weighted by atomic mass is 16.5. The van der Waals surface area contributed by atoms with Gasteiger partial charge in [-0.25, -0.2) is 4.79 Å². The largest absolute Gasteiger partial charge is 0.445 e. The molecule has 0 aromatic heterocycles. The van der Waals surface area contributed by atoms with Crippen LogP contribution in [0.1, 0.15) is 12.0 Å². The molecule has 1 aromatic rings. The Morgan fingerprint density at radius 2 is 2.09 bits per heavy atom. The van der Waals surface area contributed by atoms with Gasteiger partial charge in [-0.05, 0) is 12.0 Å². The number of hydrogen-bond donors (Lipinski definition) is 2. The zero-order valence-corrected chi connectivity index (χ0v) is 13.1. The third-order valence-electron chi connectivity index (χ3n) is 3.57. The Kier molecular flexibility index (Phi) is 6.83. The first-order chi connectivity index (χ1) is 11.2. The van der Waals surface area contributed by atoms with Crippen molar-refractivity contribution >= 4 is 12.0 Å². The van der Waals surface area contributed by atoms with E-state index in [-0.39, 0.29) is 18.6 Å². The number of hydrogen-bond acceptors (Lipinski definition) is 5. The van der Waals surface area contributed by atoms with E-state index >= 15 is 0 Å². The predicted molar refractivity (Wildman–Crippen MR) is 84.6 cm³/mol. The summed E-state index contributed by atoms with van der Waals surface area (Å²) >= 11 is 0. The molecule has 2 amide bonds. The Hall–Kier alpha value is -2.12. The van der Waals surface area contributed by atoms with Crippen LogP contribution in [-0.2, 0) is 20.9 Å². The number of nitrogens with one attached hydrogen (secondary N) is 1. The maximum atomic E-state index is 11.6. The fourth-order valence-corrected chi connectivity index (χ4v) is 2.26. The number of likely N-dealkylation sites (tertiary alicyclic amines) is 1. The van der Waals surface area contributed by atoms with Crippen LogP contribution in [0, 0.1) is 0 Å². The second kappa shape index (κ2) is 9.12. The summed E-state index contributed by atoms with van der Waals surface area (Å²) in [6.45, 7) is 2.62. The van der Waals surface area contributed by atoms with E-state index in [0.29, 0.717) is 39.3 Å². The van der Waals surface area contributed by atoms with Crippen molar-refractivity contribution in [3.63, 3.8) is 0 Å². The van der Waals surface area contributed by atoms with E-state index in [9.17, 15) is 9.59 Å². The van der Waals surface area contributed by atoms with Gasteiger partial charge in [-0.2, -0.15) is 0 Å². The van der Waals surface area contributed by atoms with Crippen LogP contribution in [0.15, 0.2) is 30.3 Å². The quantitative estimate of drug-likeness (QED) is 0.680. The molecule has 0 spiro atoms. The van der Waals surface area contributed by atoms with Crippen LogP contribution in [0.2, 0.25) is 0 Å². The summed E-state index contributed by atoms with van der Waals surface area (Å²) in [6, 6.07) is 9.11. The van der Waals surface area contributed by atoms with Gasteiger partial charge in [0, 0.05) is 19.6 Å². The lowest BCUT2D eigenvalue weighted by Crippen LogP contribution is -2.36. The molecule has 0 bridgehead atoms. The highest BCUT2D eigenvalue weighted by Gasteiger charge is 2.27. The molecule has 2 rings (SSSR count). The number of carbonyl (C=O) groups excluding carboxylic acids is 2. The van der Waals surface area contributed by atoms with Crippen LogP contribution in [-0.4, -0.2) is 55.8 Å². The van der Waals surface area contributed by atoms with Crippen molar-refractivity contribution in [2.75, 3.05) is 32.8 Å². The van der Waals surface area contributed by atoms with E-state index in [0.717, 1.165) is 5.56 Å². The minimum absolute atomic E-state index is 0.0174. The summed E-state index contributed by atoms with van der Waals surface area (Å²) in [7, 11) is 0. The van der Waals surface area contributed by atoms with Gasteiger partial charge in [0.25, 0.3) is 0 Å². The van der Waals surface area contributed by atoms with Crippen molar-refractivity contribution < 1.29 is 19.1 Å². The Balaban J connectivity index is 1.47. The number of rotatable bonds is 8. The molecule has 1 atom stereocenters. The summed E-state index contributed by atoms with van der Waals surface area (Å²) in [6.07, 6.45) is 0.228. The van der Waals surface area contributed by atoms with E-state index in [2.05, 4.69) is 5.32 Å². The predicted octanol–water partition coefficient (Wildman–Crippen LogP) is 0.489. The summed E-state index contributed by atoms with van der Waals surface area (Å²) in [4.78, 5) is 24.8. The van der Waals surface area contributed by atoms with Gasteiger partial charge in [0.1, 0.15) is 6.61 Å². The molecule has 1 aliphatic heterocycles. The zero-order chi connectivity index (χ0) is 16.5. The number of amides is 2. The van der Waals surface area contributed by atoms with Gasteiger partial charge in [-0.3, -0.25) is 4.79 Å². The lowest BCUT2D eigenvalue weighted by Gasteiger charge is -2.15. The van der Waals surface area contributed by atoms with Crippen LogP contribution in [0.25, 0.3) is 0 Å². The number of alkyl carbamates (subject to hydrolysis) is 1. The second-order valence-corrected chi connectivity index (χ2v) is 5.32. The number of benzene rings is 1. The van der Waals surface area contributed by atoms with E-state index in [1.807, 2.05) is 30.3 Å². The molecule has 1 fully saturated rings. The number of nitrogens with zero attached hydrogens (tertiary/aromatic N) is 1. The molecule has 23 heavy (non-hydrogen) atoms. The third-order valence-corrected chi connectivity index (χ3v) is 3.57. The van der Waals surface area contributed by atoms with Crippen molar-refractivity contribution in [1.82, 2.24) is 10.2 Å². The molecule has 1 aliphatic rings. The smallest absolute Gasteiger partial charge is 0.407 e. The molecular weight excluding hydrogens is 298 g/mol. The molecule has 0 unspecified atom stereocenters. The van der Waals surface area contributed by atoms with Gasteiger partial charge >= 0.3 is 6.09 Å². The molecule has 7 heteroatoms.